The van der Waals surface area contributed by atoms with Crippen LogP contribution in [0.1, 0.15) is 221 Å². The van der Waals surface area contributed by atoms with Gasteiger partial charge in [0.2, 0.25) is 0 Å². The molecule has 0 unspecified atom stereocenters. The summed E-state index contributed by atoms with van der Waals surface area (Å²) < 4.78 is 0. The van der Waals surface area contributed by atoms with Gasteiger partial charge >= 0.3 is 0 Å². The van der Waals surface area contributed by atoms with E-state index < -0.39 is 33.5 Å². The second-order valence-corrected chi connectivity index (χ2v) is 26.4. The SMILES string of the molecule is Cc1cc(C=N[C@H]2CCCC[C@@H]2N=Cc2cc(C)cc(C(c3cc(C)cc(C(C)(C)C)c3O)c3cc(C)cc(C(C)(C)C)c3O)c2O)c(O)c(C(c2cc(C)cc(C(C)(C)C)c2O)c2cc(C)cc(C(C)(C)C)c2O)c1. The highest BCUT2D eigenvalue weighted by Crippen LogP contribution is 2.52. The molecule has 1 aliphatic carbocycles. The molecule has 0 aliphatic heterocycles. The van der Waals surface area contributed by atoms with Crippen molar-refractivity contribution < 1.29 is 30.6 Å². The Hall–Kier alpha value is -6.54. The van der Waals surface area contributed by atoms with Crippen LogP contribution in [0.2, 0.25) is 0 Å². The molecule has 1 aliphatic rings. The molecule has 8 nitrogen and oxygen atoms in total. The summed E-state index contributed by atoms with van der Waals surface area (Å²) in [6, 6.07) is 23.2. The van der Waals surface area contributed by atoms with Gasteiger partial charge in [0.15, 0.2) is 0 Å². The first-order valence-electron chi connectivity index (χ1n) is 27.3. The molecule has 6 aromatic rings. The van der Waals surface area contributed by atoms with E-state index in [1.54, 1.807) is 12.4 Å². The van der Waals surface area contributed by atoms with Crippen LogP contribution in [0.3, 0.4) is 0 Å². The van der Waals surface area contributed by atoms with Gasteiger partial charge in [-0.05, 0) is 122 Å². The van der Waals surface area contributed by atoms with Gasteiger partial charge in [0.1, 0.15) is 34.5 Å². The van der Waals surface area contributed by atoms with E-state index in [1.807, 2.05) is 114 Å². The third-order valence-corrected chi connectivity index (χ3v) is 15.4. The van der Waals surface area contributed by atoms with Gasteiger partial charge in [-0.3, -0.25) is 9.98 Å². The molecule has 6 aromatic carbocycles. The quantitative estimate of drug-likeness (QED) is 0.0595. The van der Waals surface area contributed by atoms with Crippen molar-refractivity contribution in [1.82, 2.24) is 0 Å². The summed E-state index contributed by atoms with van der Waals surface area (Å²) in [5, 5.41) is 74.1. The van der Waals surface area contributed by atoms with E-state index in [0.29, 0.717) is 44.5 Å². The summed E-state index contributed by atoms with van der Waals surface area (Å²) in [6.07, 6.45) is 6.98. The molecule has 0 saturated heterocycles. The van der Waals surface area contributed by atoms with Crippen molar-refractivity contribution in [3.8, 4) is 34.5 Å². The molecule has 0 radical (unpaired) electrons. The van der Waals surface area contributed by atoms with Crippen LogP contribution < -0.4 is 0 Å². The topological polar surface area (TPSA) is 146 Å². The molecule has 7 rings (SSSR count). The van der Waals surface area contributed by atoms with Crippen LogP contribution in [-0.4, -0.2) is 55.2 Å². The number of aromatic hydroxyl groups is 6. The normalized spacial score (nSPS) is 16.0. The zero-order valence-electron chi connectivity index (χ0n) is 48.8. The molecule has 0 amide bonds. The van der Waals surface area contributed by atoms with E-state index in [1.165, 1.54) is 0 Å². The standard InChI is InChI=1S/C68H86N2O6/c1-37-23-43(59(71)45(25-37)57(47-27-39(3)31-51(61(47)73)65(7,8)9)48-28-40(4)32-52(62(48)74)66(10,11)12)35-69-55-21-19-20-22-56(55)70-36-44-24-38(2)26-46(60(44)72)58(49-29-41(5)33-53(63(49)75)67(13,14)15)50-30-42(6)34-54(64(50)76)68(16,17)18/h23-36,55-58,71-76H,19-22H2,1-18H3/t55-,56-/m0/s1. The minimum atomic E-state index is -0.738. The maximum Gasteiger partial charge on any atom is 0.128 e. The number of phenolic OH excluding ortho intramolecular Hbond substituents is 6. The Labute approximate surface area is 454 Å². The zero-order chi connectivity index (χ0) is 56.3. The maximum atomic E-state index is 12.6. The van der Waals surface area contributed by atoms with Crippen molar-refractivity contribution in [1.29, 1.82) is 0 Å². The molecular weight excluding hydrogens is 941 g/mol. The Morgan fingerprint density at radius 2 is 0.553 bits per heavy atom. The predicted molar refractivity (Wildman–Crippen MR) is 315 cm³/mol. The monoisotopic (exact) mass is 1030 g/mol. The van der Waals surface area contributed by atoms with E-state index in [2.05, 4.69) is 83.1 Å². The van der Waals surface area contributed by atoms with Crippen LogP contribution in [0.5, 0.6) is 34.5 Å². The minimum absolute atomic E-state index is 0.0157. The summed E-state index contributed by atoms with van der Waals surface area (Å²) >= 11 is 0. The lowest BCUT2D eigenvalue weighted by atomic mass is 9.75. The van der Waals surface area contributed by atoms with E-state index in [-0.39, 0.29) is 46.6 Å². The molecular formula is C68H86N2O6. The Morgan fingerprint density at radius 1 is 0.342 bits per heavy atom. The Bertz CT molecular complexity index is 2880. The van der Waals surface area contributed by atoms with E-state index in [4.69, 9.17) is 9.98 Å². The van der Waals surface area contributed by atoms with Crippen molar-refractivity contribution in [3.05, 3.63) is 173 Å². The van der Waals surface area contributed by atoms with Gasteiger partial charge in [0.25, 0.3) is 0 Å². The number of nitrogens with zero attached hydrogens (tertiary/aromatic N) is 2. The fourth-order valence-corrected chi connectivity index (χ4v) is 11.5. The summed E-state index contributed by atoms with van der Waals surface area (Å²) in [5.41, 5.74) is 11.7. The first kappa shape index (κ1) is 57.2. The van der Waals surface area contributed by atoms with E-state index >= 15 is 0 Å². The van der Waals surface area contributed by atoms with Crippen molar-refractivity contribution >= 4 is 12.4 Å². The molecule has 1 fully saturated rings. The third-order valence-electron chi connectivity index (χ3n) is 15.4. The van der Waals surface area contributed by atoms with Gasteiger partial charge in [-0.2, -0.15) is 0 Å². The van der Waals surface area contributed by atoms with E-state index in [9.17, 15) is 30.6 Å². The lowest BCUT2D eigenvalue weighted by Crippen LogP contribution is -2.27. The van der Waals surface area contributed by atoms with Gasteiger partial charge in [-0.15, -0.1) is 0 Å². The molecule has 0 heterocycles. The highest BCUT2D eigenvalue weighted by Gasteiger charge is 2.35. The minimum Gasteiger partial charge on any atom is -0.507 e. The number of hydrogen-bond acceptors (Lipinski definition) is 8. The van der Waals surface area contributed by atoms with Gasteiger partial charge in [-0.25, -0.2) is 0 Å². The molecule has 1 saturated carbocycles. The summed E-state index contributed by atoms with van der Waals surface area (Å²) in [4.78, 5) is 10.4. The molecule has 6 N–H and O–H groups in total. The second kappa shape index (κ2) is 21.1. The van der Waals surface area contributed by atoms with Gasteiger partial charge < -0.3 is 30.6 Å². The fraction of sp³-hybridized carbons (Fsp3) is 0.441. The zero-order valence-corrected chi connectivity index (χ0v) is 48.8. The largest absolute Gasteiger partial charge is 0.507 e. The number of aryl methyl sites for hydroxylation is 6. The number of phenols is 6. The molecule has 0 aromatic heterocycles. The first-order chi connectivity index (χ1) is 35.2. The van der Waals surface area contributed by atoms with Crippen LogP contribution in [-0.2, 0) is 21.7 Å². The van der Waals surface area contributed by atoms with Crippen LogP contribution in [0.25, 0.3) is 0 Å². The average molecular weight is 1030 g/mol. The molecule has 404 valence electrons. The van der Waals surface area contributed by atoms with Gasteiger partial charge in [-0.1, -0.05) is 179 Å². The smallest absolute Gasteiger partial charge is 0.128 e. The van der Waals surface area contributed by atoms with Crippen molar-refractivity contribution in [2.24, 2.45) is 9.98 Å². The van der Waals surface area contributed by atoms with Crippen LogP contribution in [0.15, 0.2) is 82.8 Å². The molecule has 2 atom stereocenters. The first-order valence-corrected chi connectivity index (χ1v) is 27.3. The molecule has 0 bridgehead atoms. The third kappa shape index (κ3) is 11.9. The van der Waals surface area contributed by atoms with Crippen LogP contribution in [0.4, 0.5) is 0 Å². The Kier molecular flexibility index (Phi) is 15.9. The second-order valence-electron chi connectivity index (χ2n) is 26.4. The summed E-state index contributed by atoms with van der Waals surface area (Å²) in [7, 11) is 0. The molecule has 8 heteroatoms. The van der Waals surface area contributed by atoms with Crippen molar-refractivity contribution in [2.75, 3.05) is 0 Å². The van der Waals surface area contributed by atoms with Crippen LogP contribution >= 0.6 is 0 Å². The molecule has 0 spiro atoms. The highest BCUT2D eigenvalue weighted by molar-refractivity contribution is 5.87. The number of benzene rings is 6. The number of hydrogen-bond donors (Lipinski definition) is 6. The van der Waals surface area contributed by atoms with Gasteiger partial charge in [0, 0.05) is 68.8 Å². The molecule has 76 heavy (non-hydrogen) atoms. The lowest BCUT2D eigenvalue weighted by molar-refractivity contribution is 0.390. The lowest BCUT2D eigenvalue weighted by Gasteiger charge is -2.30. The predicted octanol–water partition coefficient (Wildman–Crippen LogP) is 16.2. The Morgan fingerprint density at radius 3 is 0.776 bits per heavy atom. The number of aliphatic imine (C=N–C) groups is 2. The van der Waals surface area contributed by atoms with Gasteiger partial charge in [0.05, 0.1) is 12.1 Å². The Balaban J connectivity index is 1.34. The summed E-state index contributed by atoms with van der Waals surface area (Å²) in [5.74, 6) is -0.912. The maximum absolute atomic E-state index is 12.6. The fourth-order valence-electron chi connectivity index (χ4n) is 11.5. The van der Waals surface area contributed by atoms with E-state index in [0.717, 1.165) is 81.3 Å². The van der Waals surface area contributed by atoms with Crippen LogP contribution in [0, 0.1) is 41.5 Å². The average Bonchev–Trinajstić information content (AvgIpc) is 3.30. The summed E-state index contributed by atoms with van der Waals surface area (Å²) in [6.45, 7) is 36.9. The number of rotatable bonds is 10. The van der Waals surface area contributed by atoms with Crippen molar-refractivity contribution in [2.45, 2.75) is 196 Å². The highest BCUT2D eigenvalue weighted by atomic mass is 16.3. The van der Waals surface area contributed by atoms with Crippen molar-refractivity contribution in [3.63, 3.8) is 0 Å².